The van der Waals surface area contributed by atoms with Gasteiger partial charge in [0, 0.05) is 5.75 Å². The molecule has 1 N–H and O–H groups in total. The number of benzene rings is 1. The zero-order valence-electron chi connectivity index (χ0n) is 10.1. The number of thioether (sulfide) groups is 1. The molecule has 1 unspecified atom stereocenters. The van der Waals surface area contributed by atoms with Crippen LogP contribution in [0.3, 0.4) is 0 Å². The summed E-state index contributed by atoms with van der Waals surface area (Å²) in [5.74, 6) is 0.206. The molecule has 0 bridgehead atoms. The monoisotopic (exact) mass is 284 g/mol. The van der Waals surface area contributed by atoms with Crippen LogP contribution in [0.15, 0.2) is 22.5 Å². The lowest BCUT2D eigenvalue weighted by molar-refractivity contribution is 0.203. The van der Waals surface area contributed by atoms with E-state index >= 15 is 0 Å². The highest BCUT2D eigenvalue weighted by atomic mass is 32.2. The first-order valence-corrected chi connectivity index (χ1v) is 7.23. The van der Waals surface area contributed by atoms with Gasteiger partial charge in [-0.05, 0) is 37.1 Å². The predicted molar refractivity (Wildman–Crippen MR) is 71.5 cm³/mol. The van der Waals surface area contributed by atoms with Crippen LogP contribution in [-0.4, -0.2) is 21.1 Å². The summed E-state index contributed by atoms with van der Waals surface area (Å²) < 4.78 is 13.8. The van der Waals surface area contributed by atoms with Crippen LogP contribution in [-0.2, 0) is 0 Å². The first-order valence-electron chi connectivity index (χ1n) is 5.43. The molecular weight excluding hydrogens is 271 g/mol. The summed E-state index contributed by atoms with van der Waals surface area (Å²) in [6.45, 7) is 3.68. The predicted octanol–water partition coefficient (Wildman–Crippen LogP) is 3.12. The van der Waals surface area contributed by atoms with Crippen molar-refractivity contribution in [3.8, 4) is 0 Å². The maximum atomic E-state index is 13.0. The molecule has 0 amide bonds. The molecule has 0 spiro atoms. The van der Waals surface area contributed by atoms with Crippen molar-refractivity contribution in [2.45, 2.75) is 24.3 Å². The highest BCUT2D eigenvalue weighted by Gasteiger charge is 2.12. The maximum Gasteiger partial charge on any atom is 0.174 e. The van der Waals surface area contributed by atoms with Gasteiger partial charge in [-0.2, -0.15) is 0 Å². The number of aryl methyl sites for hydroxylation is 2. The highest BCUT2D eigenvalue weighted by molar-refractivity contribution is 8.01. The molecule has 0 aliphatic heterocycles. The standard InChI is InChI=1S/C12H13FN2OS2/c1-7-5-9(13)3-4-10(7)11(16)6-17-12-15-14-8(2)18-12/h3-5,11,16H,6H2,1-2H3. The average molecular weight is 284 g/mol. The number of nitrogens with zero attached hydrogens (tertiary/aromatic N) is 2. The molecule has 0 aliphatic rings. The molecule has 0 radical (unpaired) electrons. The number of aliphatic hydroxyl groups is 1. The fourth-order valence-corrected chi connectivity index (χ4v) is 3.39. The van der Waals surface area contributed by atoms with Crippen molar-refractivity contribution in [2.75, 3.05) is 5.75 Å². The Balaban J connectivity index is 2.01. The minimum atomic E-state index is -0.625. The normalized spacial score (nSPS) is 12.7. The van der Waals surface area contributed by atoms with Gasteiger partial charge in [-0.3, -0.25) is 0 Å². The lowest BCUT2D eigenvalue weighted by atomic mass is 10.0. The second-order valence-electron chi connectivity index (χ2n) is 3.91. The molecule has 1 heterocycles. The van der Waals surface area contributed by atoms with Crippen LogP contribution in [0.5, 0.6) is 0 Å². The summed E-state index contributed by atoms with van der Waals surface area (Å²) >= 11 is 2.96. The van der Waals surface area contributed by atoms with Crippen LogP contribution in [0.1, 0.15) is 22.2 Å². The first kappa shape index (κ1) is 13.5. The van der Waals surface area contributed by atoms with Crippen LogP contribution in [0.25, 0.3) is 0 Å². The molecule has 96 valence electrons. The van der Waals surface area contributed by atoms with Gasteiger partial charge in [-0.1, -0.05) is 29.2 Å². The number of aliphatic hydroxyl groups excluding tert-OH is 1. The molecule has 6 heteroatoms. The number of hydrogen-bond donors (Lipinski definition) is 1. The maximum absolute atomic E-state index is 13.0. The molecule has 2 rings (SSSR count). The quantitative estimate of drug-likeness (QED) is 0.876. The molecule has 1 aromatic heterocycles. The van der Waals surface area contributed by atoms with E-state index in [1.807, 2.05) is 6.92 Å². The van der Waals surface area contributed by atoms with Crippen molar-refractivity contribution in [3.63, 3.8) is 0 Å². The summed E-state index contributed by atoms with van der Waals surface area (Å²) in [6, 6.07) is 4.42. The Bertz CT molecular complexity index is 545. The van der Waals surface area contributed by atoms with Gasteiger partial charge in [0.15, 0.2) is 4.34 Å². The van der Waals surface area contributed by atoms with Gasteiger partial charge in [0.2, 0.25) is 0 Å². The minimum absolute atomic E-state index is 0.282. The Morgan fingerprint density at radius 3 is 2.78 bits per heavy atom. The van der Waals surface area contributed by atoms with Gasteiger partial charge in [0.05, 0.1) is 6.10 Å². The molecular formula is C12H13FN2OS2. The fraction of sp³-hybridized carbons (Fsp3) is 0.333. The van der Waals surface area contributed by atoms with E-state index < -0.39 is 6.10 Å². The molecule has 3 nitrogen and oxygen atoms in total. The number of halogens is 1. The number of rotatable bonds is 4. The third-order valence-corrected chi connectivity index (χ3v) is 4.51. The second kappa shape index (κ2) is 5.77. The van der Waals surface area contributed by atoms with E-state index in [9.17, 15) is 9.50 Å². The van der Waals surface area contributed by atoms with Crippen molar-refractivity contribution < 1.29 is 9.50 Å². The molecule has 1 aromatic carbocycles. The summed E-state index contributed by atoms with van der Waals surface area (Å²) in [4.78, 5) is 0. The van der Waals surface area contributed by atoms with Crippen molar-refractivity contribution in [1.29, 1.82) is 0 Å². The van der Waals surface area contributed by atoms with Crippen molar-refractivity contribution in [2.24, 2.45) is 0 Å². The van der Waals surface area contributed by atoms with E-state index in [2.05, 4.69) is 10.2 Å². The molecule has 0 saturated heterocycles. The summed E-state index contributed by atoms with van der Waals surface area (Å²) in [7, 11) is 0. The van der Waals surface area contributed by atoms with Gasteiger partial charge >= 0.3 is 0 Å². The molecule has 0 saturated carbocycles. The fourth-order valence-electron chi connectivity index (χ4n) is 1.59. The SMILES string of the molecule is Cc1nnc(SCC(O)c2ccc(F)cc2C)s1. The Morgan fingerprint density at radius 2 is 2.17 bits per heavy atom. The van der Waals surface area contributed by atoms with Crippen LogP contribution < -0.4 is 0 Å². The lowest BCUT2D eigenvalue weighted by Gasteiger charge is -2.12. The molecule has 18 heavy (non-hydrogen) atoms. The van der Waals surface area contributed by atoms with Crippen molar-refractivity contribution >= 4 is 23.1 Å². The number of hydrogen-bond acceptors (Lipinski definition) is 5. The Kier molecular flexibility index (Phi) is 4.31. The van der Waals surface area contributed by atoms with Crippen molar-refractivity contribution in [3.05, 3.63) is 40.2 Å². The van der Waals surface area contributed by atoms with Gasteiger partial charge in [-0.15, -0.1) is 10.2 Å². The molecule has 2 aromatic rings. The van der Waals surface area contributed by atoms with Gasteiger partial charge < -0.3 is 5.11 Å². The van der Waals surface area contributed by atoms with Crippen LogP contribution in [0, 0.1) is 19.7 Å². The van der Waals surface area contributed by atoms with E-state index in [0.29, 0.717) is 5.75 Å². The Hall–Kier alpha value is -0.980. The highest BCUT2D eigenvalue weighted by Crippen LogP contribution is 2.28. The largest absolute Gasteiger partial charge is 0.388 e. The molecule has 0 aliphatic carbocycles. The molecule has 0 fully saturated rings. The van der Waals surface area contributed by atoms with Gasteiger partial charge in [0.1, 0.15) is 10.8 Å². The van der Waals surface area contributed by atoms with E-state index in [0.717, 1.165) is 20.5 Å². The summed E-state index contributed by atoms with van der Waals surface area (Å²) in [5, 5.41) is 18.9. The summed E-state index contributed by atoms with van der Waals surface area (Å²) in [6.07, 6.45) is -0.625. The van der Waals surface area contributed by atoms with Crippen molar-refractivity contribution in [1.82, 2.24) is 10.2 Å². The smallest absolute Gasteiger partial charge is 0.174 e. The average Bonchev–Trinajstić information content (AvgIpc) is 2.72. The lowest BCUT2D eigenvalue weighted by Crippen LogP contribution is -2.03. The third kappa shape index (κ3) is 3.28. The topological polar surface area (TPSA) is 46.0 Å². The molecule has 1 atom stereocenters. The van der Waals surface area contributed by atoms with E-state index in [1.165, 1.54) is 35.2 Å². The zero-order chi connectivity index (χ0) is 13.1. The minimum Gasteiger partial charge on any atom is -0.388 e. The Morgan fingerprint density at radius 1 is 1.39 bits per heavy atom. The van der Waals surface area contributed by atoms with Crippen LogP contribution in [0.2, 0.25) is 0 Å². The van der Waals surface area contributed by atoms with E-state index in [4.69, 9.17) is 0 Å². The summed E-state index contributed by atoms with van der Waals surface area (Å²) in [5.41, 5.74) is 1.52. The van der Waals surface area contributed by atoms with Gasteiger partial charge in [-0.25, -0.2) is 4.39 Å². The van der Waals surface area contributed by atoms with Crippen LogP contribution >= 0.6 is 23.1 Å². The number of aromatic nitrogens is 2. The third-order valence-electron chi connectivity index (χ3n) is 2.46. The first-order chi connectivity index (χ1) is 8.56. The van der Waals surface area contributed by atoms with E-state index in [-0.39, 0.29) is 5.82 Å². The Labute approximate surface area is 113 Å². The zero-order valence-corrected chi connectivity index (χ0v) is 11.7. The van der Waals surface area contributed by atoms with Gasteiger partial charge in [0.25, 0.3) is 0 Å². The second-order valence-corrected chi connectivity index (χ2v) is 6.36. The van der Waals surface area contributed by atoms with E-state index in [1.54, 1.807) is 13.0 Å². The van der Waals surface area contributed by atoms with Crippen LogP contribution in [0.4, 0.5) is 4.39 Å².